The number of aliphatic hydroxyl groups excluding tert-OH is 1. The van der Waals surface area contributed by atoms with E-state index in [1.807, 2.05) is 38.4 Å². The highest BCUT2D eigenvalue weighted by Gasteiger charge is 2.23. The van der Waals surface area contributed by atoms with E-state index < -0.39 is 11.7 Å². The van der Waals surface area contributed by atoms with Crippen LogP contribution in [0.1, 0.15) is 38.3 Å². The number of carbonyl (C=O) groups is 1. The summed E-state index contributed by atoms with van der Waals surface area (Å²) < 4.78 is 5.33. The van der Waals surface area contributed by atoms with Crippen molar-refractivity contribution in [3.8, 4) is 11.1 Å². The largest absolute Gasteiger partial charge is 0.444 e. The van der Waals surface area contributed by atoms with Crippen LogP contribution in [-0.2, 0) is 11.2 Å². The van der Waals surface area contributed by atoms with Crippen LogP contribution in [0, 0.1) is 0 Å². The van der Waals surface area contributed by atoms with Crippen LogP contribution in [0.5, 0.6) is 0 Å². The highest BCUT2D eigenvalue weighted by molar-refractivity contribution is 5.86. The highest BCUT2D eigenvalue weighted by atomic mass is 16.6. The van der Waals surface area contributed by atoms with Crippen LogP contribution >= 0.6 is 0 Å². The van der Waals surface area contributed by atoms with Crippen molar-refractivity contribution in [2.75, 3.05) is 6.61 Å². The molecule has 0 fully saturated rings. The lowest BCUT2D eigenvalue weighted by molar-refractivity contribution is -0.491. The number of ether oxygens (including phenoxy) is 1. The Morgan fingerprint density at radius 1 is 1.11 bits per heavy atom. The fourth-order valence-electron chi connectivity index (χ4n) is 3.06. The first-order chi connectivity index (χ1) is 12.9. The van der Waals surface area contributed by atoms with Gasteiger partial charge in [0, 0.05) is 12.7 Å². The van der Waals surface area contributed by atoms with Gasteiger partial charge in [-0.25, -0.2) is 4.79 Å². The number of hydrogen-bond donors (Lipinski definition) is 3. The molecule has 0 spiro atoms. The molecule has 2 aromatic rings. The fourth-order valence-corrected chi connectivity index (χ4v) is 3.06. The van der Waals surface area contributed by atoms with Crippen molar-refractivity contribution in [3.63, 3.8) is 0 Å². The molecule has 0 saturated heterocycles. The monoisotopic (exact) mass is 367 g/mol. The van der Waals surface area contributed by atoms with Crippen molar-refractivity contribution in [3.05, 3.63) is 59.8 Å². The molecule has 0 unspecified atom stereocenters. The summed E-state index contributed by atoms with van der Waals surface area (Å²) in [6.45, 7) is 5.75. The lowest BCUT2D eigenvalue weighted by Gasteiger charge is -2.19. The van der Waals surface area contributed by atoms with Gasteiger partial charge in [-0.2, -0.15) is 0 Å². The Morgan fingerprint density at radius 2 is 1.81 bits per heavy atom. The Balaban J connectivity index is 1.71. The molecule has 5 heteroatoms. The first kappa shape index (κ1) is 19.1. The maximum absolute atomic E-state index is 12.0. The van der Waals surface area contributed by atoms with Crippen molar-refractivity contribution in [1.82, 2.24) is 5.32 Å². The normalized spacial score (nSPS) is 13.1. The second-order valence-corrected chi connectivity index (χ2v) is 7.70. The summed E-state index contributed by atoms with van der Waals surface area (Å²) in [4.78, 5) is 12.0. The molecule has 142 valence electrons. The van der Waals surface area contributed by atoms with E-state index in [-0.39, 0.29) is 6.61 Å². The SMILES string of the molecule is CC(C)(C)OC(=O)NC1=C[NH2+]c2cc(-c3ccc(CCCO)cc3)ccc21. The van der Waals surface area contributed by atoms with Gasteiger partial charge in [-0.05, 0) is 56.4 Å². The summed E-state index contributed by atoms with van der Waals surface area (Å²) in [5, 5.41) is 13.8. The average Bonchev–Trinajstić information content (AvgIpc) is 3.01. The Bertz CT molecular complexity index is 849. The molecule has 1 heterocycles. The van der Waals surface area contributed by atoms with Gasteiger partial charge in [-0.3, -0.25) is 10.6 Å². The zero-order valence-electron chi connectivity index (χ0n) is 16.1. The predicted molar refractivity (Wildman–Crippen MR) is 106 cm³/mol. The lowest BCUT2D eigenvalue weighted by Crippen LogP contribution is -2.69. The molecule has 0 atom stereocenters. The van der Waals surface area contributed by atoms with Gasteiger partial charge in [0.25, 0.3) is 0 Å². The van der Waals surface area contributed by atoms with Gasteiger partial charge >= 0.3 is 6.09 Å². The van der Waals surface area contributed by atoms with Crippen LogP contribution in [-0.4, -0.2) is 23.4 Å². The first-order valence-corrected chi connectivity index (χ1v) is 9.25. The summed E-state index contributed by atoms with van der Waals surface area (Å²) in [5.74, 6) is 0. The van der Waals surface area contributed by atoms with Crippen molar-refractivity contribution in [2.45, 2.75) is 39.2 Å². The van der Waals surface area contributed by atoms with Crippen LogP contribution in [0.2, 0.25) is 0 Å². The lowest BCUT2D eigenvalue weighted by atomic mass is 10.00. The van der Waals surface area contributed by atoms with Gasteiger partial charge in [0.05, 0.1) is 5.56 Å². The van der Waals surface area contributed by atoms with E-state index in [2.05, 4.69) is 41.7 Å². The number of carbonyl (C=O) groups excluding carboxylic acids is 1. The minimum atomic E-state index is -0.525. The molecule has 0 bridgehead atoms. The molecule has 3 rings (SSSR count). The minimum absolute atomic E-state index is 0.217. The molecule has 1 aliphatic heterocycles. The molecule has 0 aliphatic carbocycles. The smallest absolute Gasteiger partial charge is 0.412 e. The molecular formula is C22H27N2O3+. The number of nitrogens with one attached hydrogen (secondary N) is 1. The molecule has 0 saturated carbocycles. The third kappa shape index (κ3) is 4.96. The highest BCUT2D eigenvalue weighted by Crippen LogP contribution is 2.29. The van der Waals surface area contributed by atoms with Crippen LogP contribution in [0.15, 0.2) is 48.7 Å². The summed E-state index contributed by atoms with van der Waals surface area (Å²) in [6.07, 6.45) is 3.12. The summed E-state index contributed by atoms with van der Waals surface area (Å²) in [7, 11) is 0. The molecule has 5 nitrogen and oxygen atoms in total. The molecule has 1 aliphatic rings. The number of nitrogens with two attached hydrogens (primary N) is 1. The van der Waals surface area contributed by atoms with Gasteiger partial charge in [0.2, 0.25) is 0 Å². The van der Waals surface area contributed by atoms with E-state index >= 15 is 0 Å². The first-order valence-electron chi connectivity index (χ1n) is 9.25. The third-order valence-electron chi connectivity index (χ3n) is 4.32. The van der Waals surface area contributed by atoms with Crippen molar-refractivity contribution < 1.29 is 20.0 Å². The standard InChI is InChI=1S/C22H26N2O3/c1-22(2,3)27-21(26)24-20-14-23-19-13-17(10-11-18(19)20)16-8-6-15(7-9-16)5-4-12-25/h6-11,13-14,23,25H,4-5,12H2,1-3H3,(H,24,26)/p+1. The Morgan fingerprint density at radius 3 is 2.48 bits per heavy atom. The summed E-state index contributed by atoms with van der Waals surface area (Å²) in [6, 6.07) is 14.6. The Labute approximate surface area is 160 Å². The van der Waals surface area contributed by atoms with Crippen molar-refractivity contribution >= 4 is 17.5 Å². The second kappa shape index (κ2) is 7.94. The Hall–Kier alpha value is -2.63. The van der Waals surface area contributed by atoms with E-state index in [9.17, 15) is 4.79 Å². The van der Waals surface area contributed by atoms with Gasteiger partial charge in [-0.15, -0.1) is 0 Å². The number of quaternary nitrogens is 1. The molecule has 0 radical (unpaired) electrons. The van der Waals surface area contributed by atoms with Crippen molar-refractivity contribution in [2.24, 2.45) is 0 Å². The molecule has 27 heavy (non-hydrogen) atoms. The third-order valence-corrected chi connectivity index (χ3v) is 4.32. The second-order valence-electron chi connectivity index (χ2n) is 7.70. The van der Waals surface area contributed by atoms with E-state index in [0.29, 0.717) is 0 Å². The van der Waals surface area contributed by atoms with Crippen LogP contribution in [0.4, 0.5) is 10.5 Å². The summed E-state index contributed by atoms with van der Waals surface area (Å²) in [5.41, 5.74) is 5.80. The molecule has 1 amide bonds. The fraction of sp³-hybridized carbons (Fsp3) is 0.318. The number of alkyl carbamates (subject to hydrolysis) is 1. The maximum Gasteiger partial charge on any atom is 0.412 e. The topological polar surface area (TPSA) is 75.2 Å². The van der Waals surface area contributed by atoms with Gasteiger partial charge in [0.15, 0.2) is 0 Å². The minimum Gasteiger partial charge on any atom is -0.444 e. The van der Waals surface area contributed by atoms with Crippen molar-refractivity contribution in [1.29, 1.82) is 0 Å². The summed E-state index contributed by atoms with van der Waals surface area (Å²) >= 11 is 0. The zero-order chi connectivity index (χ0) is 19.4. The molecule has 0 aromatic heterocycles. The van der Waals surface area contributed by atoms with Gasteiger partial charge < -0.3 is 9.84 Å². The number of amides is 1. The van der Waals surface area contributed by atoms with E-state index in [1.165, 1.54) is 5.56 Å². The average molecular weight is 367 g/mol. The van der Waals surface area contributed by atoms with Crippen LogP contribution in [0.3, 0.4) is 0 Å². The van der Waals surface area contributed by atoms with Gasteiger partial charge in [-0.1, -0.05) is 30.3 Å². The molecule has 2 aromatic carbocycles. The predicted octanol–water partition coefficient (Wildman–Crippen LogP) is 3.31. The van der Waals surface area contributed by atoms with Gasteiger partial charge in [0.1, 0.15) is 23.2 Å². The zero-order valence-corrected chi connectivity index (χ0v) is 16.1. The van der Waals surface area contributed by atoms with Crippen LogP contribution < -0.4 is 10.6 Å². The number of rotatable bonds is 5. The Kier molecular flexibility index (Phi) is 5.63. The number of fused-ring (bicyclic) bond motifs is 1. The van der Waals surface area contributed by atoms with E-state index in [0.717, 1.165) is 40.9 Å². The maximum atomic E-state index is 12.0. The van der Waals surface area contributed by atoms with E-state index in [1.54, 1.807) is 0 Å². The molecule has 4 N–H and O–H groups in total. The van der Waals surface area contributed by atoms with E-state index in [4.69, 9.17) is 9.84 Å². The van der Waals surface area contributed by atoms with Crippen LogP contribution in [0.25, 0.3) is 16.8 Å². The molecular weight excluding hydrogens is 340 g/mol. The number of aryl methyl sites for hydroxylation is 1. The number of benzene rings is 2. The quantitative estimate of drug-likeness (QED) is 0.710. The number of hydrogen-bond acceptors (Lipinski definition) is 3. The number of aliphatic hydroxyl groups is 1.